The summed E-state index contributed by atoms with van der Waals surface area (Å²) in [6.07, 6.45) is 6.12. The van der Waals surface area contributed by atoms with Crippen LogP contribution >= 0.6 is 0 Å². The smallest absolute Gasteiger partial charge is 0.215 e. The molecule has 21 heavy (non-hydrogen) atoms. The molecule has 1 atom stereocenters. The molecule has 1 aromatic rings. The fourth-order valence-corrected chi connectivity index (χ4v) is 4.51. The Morgan fingerprint density at radius 2 is 2.10 bits per heavy atom. The Hall–Kier alpha value is -0.990. The molecule has 0 unspecified atom stereocenters. The molecule has 0 aliphatic carbocycles. The number of hydrogen-bond donors (Lipinski definition) is 1. The van der Waals surface area contributed by atoms with Crippen molar-refractivity contribution >= 4 is 10.0 Å². The summed E-state index contributed by atoms with van der Waals surface area (Å²) in [5.41, 5.74) is 0.973. The highest BCUT2D eigenvalue weighted by Gasteiger charge is 2.25. The maximum absolute atomic E-state index is 12.2. The van der Waals surface area contributed by atoms with Crippen molar-refractivity contribution in [3.8, 4) is 0 Å². The third-order valence-electron chi connectivity index (χ3n) is 4.31. The van der Waals surface area contributed by atoms with Gasteiger partial charge in [0.25, 0.3) is 0 Å². The Kier molecular flexibility index (Phi) is 4.56. The van der Waals surface area contributed by atoms with E-state index in [-0.39, 0.29) is 5.75 Å². The van der Waals surface area contributed by atoms with Gasteiger partial charge in [0.1, 0.15) is 0 Å². The van der Waals surface area contributed by atoms with E-state index in [1.165, 1.54) is 0 Å². The first-order valence-electron chi connectivity index (χ1n) is 7.74. The van der Waals surface area contributed by atoms with E-state index in [4.69, 9.17) is 0 Å². The molecule has 3 heterocycles. The summed E-state index contributed by atoms with van der Waals surface area (Å²) in [6.45, 7) is 3.72. The van der Waals surface area contributed by atoms with Gasteiger partial charge in [-0.05, 0) is 32.2 Å². The van der Waals surface area contributed by atoms with E-state index in [1.807, 2.05) is 6.20 Å². The molecular weight excluding hydrogens is 290 g/mol. The van der Waals surface area contributed by atoms with Gasteiger partial charge in [-0.2, -0.15) is 0 Å². The number of nitrogens with one attached hydrogen (secondary N) is 1. The summed E-state index contributed by atoms with van der Waals surface area (Å²) >= 11 is 0. The molecule has 0 bridgehead atoms. The van der Waals surface area contributed by atoms with E-state index in [0.29, 0.717) is 25.6 Å². The SMILES string of the molecule is O=S(=O)(CCn1cc([C@@H]2CCCNC2)nn1)N1CCCC1. The molecule has 2 aliphatic heterocycles. The normalized spacial score (nSPS) is 24.5. The maximum atomic E-state index is 12.2. The zero-order chi connectivity index (χ0) is 14.7. The zero-order valence-electron chi connectivity index (χ0n) is 12.2. The Morgan fingerprint density at radius 1 is 1.29 bits per heavy atom. The number of sulfonamides is 1. The number of aromatic nitrogens is 3. The lowest BCUT2D eigenvalue weighted by Gasteiger charge is -2.20. The summed E-state index contributed by atoms with van der Waals surface area (Å²) in [5.74, 6) is 0.515. The van der Waals surface area contributed by atoms with Crippen molar-refractivity contribution in [1.29, 1.82) is 0 Å². The number of aryl methyl sites for hydroxylation is 1. The minimum Gasteiger partial charge on any atom is -0.316 e. The van der Waals surface area contributed by atoms with Gasteiger partial charge in [0.15, 0.2) is 0 Å². The Labute approximate surface area is 125 Å². The monoisotopic (exact) mass is 313 g/mol. The number of hydrogen-bond acceptors (Lipinski definition) is 5. The van der Waals surface area contributed by atoms with Crippen molar-refractivity contribution in [1.82, 2.24) is 24.6 Å². The highest BCUT2D eigenvalue weighted by Crippen LogP contribution is 2.20. The minimum atomic E-state index is -3.14. The lowest BCUT2D eigenvalue weighted by atomic mass is 9.97. The van der Waals surface area contributed by atoms with Crippen molar-refractivity contribution in [2.24, 2.45) is 0 Å². The summed E-state index contributed by atoms with van der Waals surface area (Å²) < 4.78 is 27.6. The third-order valence-corrected chi connectivity index (χ3v) is 6.16. The predicted octanol–water partition coefficient (Wildman–Crippen LogP) is 0.171. The Morgan fingerprint density at radius 3 is 2.81 bits per heavy atom. The highest BCUT2D eigenvalue weighted by atomic mass is 32.2. The van der Waals surface area contributed by atoms with Crippen LogP contribution in [0.2, 0.25) is 0 Å². The predicted molar refractivity (Wildman–Crippen MR) is 79.5 cm³/mol. The molecule has 2 fully saturated rings. The topological polar surface area (TPSA) is 80.1 Å². The average molecular weight is 313 g/mol. The third kappa shape index (κ3) is 3.61. The molecule has 3 rings (SSSR count). The molecule has 7 nitrogen and oxygen atoms in total. The van der Waals surface area contributed by atoms with Crippen molar-refractivity contribution in [3.63, 3.8) is 0 Å². The van der Waals surface area contributed by atoms with Crippen LogP contribution in [0.5, 0.6) is 0 Å². The Balaban J connectivity index is 1.57. The molecular formula is C13H23N5O2S. The van der Waals surface area contributed by atoms with Gasteiger partial charge in [-0.15, -0.1) is 5.10 Å². The van der Waals surface area contributed by atoms with Gasteiger partial charge in [0.2, 0.25) is 10.0 Å². The standard InChI is InChI=1S/C13H23N5O2S/c19-21(20,18-6-1-2-7-18)9-8-17-11-13(15-16-17)12-4-3-5-14-10-12/h11-12,14H,1-10H2/t12-/m1/s1. The molecule has 0 amide bonds. The summed E-state index contributed by atoms with van der Waals surface area (Å²) in [4.78, 5) is 0. The van der Waals surface area contributed by atoms with E-state index in [2.05, 4.69) is 15.6 Å². The fraction of sp³-hybridized carbons (Fsp3) is 0.846. The number of piperidine rings is 1. The van der Waals surface area contributed by atoms with Crippen LogP contribution in [0.3, 0.4) is 0 Å². The second kappa shape index (κ2) is 6.41. The van der Waals surface area contributed by atoms with Crippen LogP contribution in [0.4, 0.5) is 0 Å². The van der Waals surface area contributed by atoms with E-state index in [1.54, 1.807) is 8.99 Å². The van der Waals surface area contributed by atoms with Crippen molar-refractivity contribution < 1.29 is 8.42 Å². The van der Waals surface area contributed by atoms with Gasteiger partial charge in [-0.3, -0.25) is 4.68 Å². The lowest BCUT2D eigenvalue weighted by molar-refractivity contribution is 0.454. The van der Waals surface area contributed by atoms with Crippen LogP contribution in [0.15, 0.2) is 6.20 Å². The molecule has 0 radical (unpaired) electrons. The first-order valence-corrected chi connectivity index (χ1v) is 9.35. The maximum Gasteiger partial charge on any atom is 0.215 e. The molecule has 0 spiro atoms. The fourth-order valence-electron chi connectivity index (χ4n) is 3.02. The Bertz CT molecular complexity index is 559. The molecule has 1 N–H and O–H groups in total. The van der Waals surface area contributed by atoms with E-state index in [9.17, 15) is 8.42 Å². The zero-order valence-corrected chi connectivity index (χ0v) is 13.1. The molecule has 2 aliphatic rings. The van der Waals surface area contributed by atoms with Crippen molar-refractivity contribution in [2.75, 3.05) is 31.9 Å². The highest BCUT2D eigenvalue weighted by molar-refractivity contribution is 7.89. The number of rotatable bonds is 5. The first-order chi connectivity index (χ1) is 10.1. The van der Waals surface area contributed by atoms with Crippen molar-refractivity contribution in [3.05, 3.63) is 11.9 Å². The van der Waals surface area contributed by atoms with Crippen LogP contribution in [-0.2, 0) is 16.6 Å². The van der Waals surface area contributed by atoms with Crippen LogP contribution in [0, 0.1) is 0 Å². The van der Waals surface area contributed by atoms with Gasteiger partial charge in [-0.1, -0.05) is 5.21 Å². The number of nitrogens with zero attached hydrogens (tertiary/aromatic N) is 4. The molecule has 118 valence electrons. The quantitative estimate of drug-likeness (QED) is 0.838. The van der Waals surface area contributed by atoms with Gasteiger partial charge < -0.3 is 5.32 Å². The van der Waals surface area contributed by atoms with Gasteiger partial charge >= 0.3 is 0 Å². The molecule has 1 aromatic heterocycles. The molecule has 2 saturated heterocycles. The molecule has 0 aromatic carbocycles. The largest absolute Gasteiger partial charge is 0.316 e. The molecule has 0 saturated carbocycles. The van der Waals surface area contributed by atoms with Gasteiger partial charge in [-0.25, -0.2) is 12.7 Å². The summed E-state index contributed by atoms with van der Waals surface area (Å²) in [6, 6.07) is 0. The van der Waals surface area contributed by atoms with Crippen LogP contribution in [-0.4, -0.2) is 59.6 Å². The summed E-state index contributed by atoms with van der Waals surface area (Å²) in [7, 11) is -3.14. The molecule has 8 heteroatoms. The minimum absolute atomic E-state index is 0.110. The van der Waals surface area contributed by atoms with Gasteiger partial charge in [0.05, 0.1) is 18.0 Å². The van der Waals surface area contributed by atoms with Crippen LogP contribution in [0.1, 0.15) is 37.3 Å². The lowest BCUT2D eigenvalue weighted by Crippen LogP contribution is -2.31. The average Bonchev–Trinajstić information content (AvgIpc) is 3.18. The van der Waals surface area contributed by atoms with Crippen LogP contribution < -0.4 is 5.32 Å². The van der Waals surface area contributed by atoms with Gasteiger partial charge in [0, 0.05) is 31.7 Å². The van der Waals surface area contributed by atoms with Crippen molar-refractivity contribution in [2.45, 2.75) is 38.1 Å². The van der Waals surface area contributed by atoms with Crippen LogP contribution in [0.25, 0.3) is 0 Å². The second-order valence-electron chi connectivity index (χ2n) is 5.87. The second-order valence-corrected chi connectivity index (χ2v) is 7.96. The first kappa shape index (κ1) is 14.9. The van der Waals surface area contributed by atoms with E-state index >= 15 is 0 Å². The van der Waals surface area contributed by atoms with E-state index < -0.39 is 10.0 Å². The van der Waals surface area contributed by atoms with E-state index in [0.717, 1.165) is 44.5 Å². The summed E-state index contributed by atoms with van der Waals surface area (Å²) in [5, 5.41) is 11.6.